The maximum absolute atomic E-state index is 12.2. The Hall–Kier alpha value is -2.82. The maximum Gasteiger partial charge on any atom is 0.223 e. The second-order valence-electron chi connectivity index (χ2n) is 8.89. The number of ether oxygens (including phenoxy) is 1. The van der Waals surface area contributed by atoms with Gasteiger partial charge in [0.2, 0.25) is 5.91 Å². The summed E-state index contributed by atoms with van der Waals surface area (Å²) >= 11 is 0. The lowest BCUT2D eigenvalue weighted by Crippen LogP contribution is -2.29. The van der Waals surface area contributed by atoms with Crippen LogP contribution < -0.4 is 10.1 Å². The van der Waals surface area contributed by atoms with E-state index in [1.54, 1.807) is 0 Å². The van der Waals surface area contributed by atoms with Crippen molar-refractivity contribution in [3.63, 3.8) is 0 Å². The van der Waals surface area contributed by atoms with Crippen LogP contribution in [0.3, 0.4) is 0 Å². The van der Waals surface area contributed by atoms with E-state index >= 15 is 0 Å². The summed E-state index contributed by atoms with van der Waals surface area (Å²) in [6, 6.07) is 16.5. The Bertz CT molecular complexity index is 1020. The van der Waals surface area contributed by atoms with Gasteiger partial charge in [-0.2, -0.15) is 0 Å². The molecule has 1 unspecified atom stereocenters. The number of nitrogens with one attached hydrogen (secondary N) is 1. The van der Waals surface area contributed by atoms with E-state index in [4.69, 9.17) is 9.72 Å². The van der Waals surface area contributed by atoms with Gasteiger partial charge < -0.3 is 14.6 Å². The van der Waals surface area contributed by atoms with Crippen LogP contribution in [0.25, 0.3) is 11.0 Å². The van der Waals surface area contributed by atoms with Gasteiger partial charge >= 0.3 is 0 Å². The van der Waals surface area contributed by atoms with Crippen molar-refractivity contribution in [2.24, 2.45) is 5.92 Å². The number of unbranched alkanes of at least 4 members (excludes halogenated alkanes) is 1. The summed E-state index contributed by atoms with van der Waals surface area (Å²) in [5, 5.41) is 3.15. The van der Waals surface area contributed by atoms with Crippen LogP contribution in [0.1, 0.15) is 69.8 Å². The number of nitrogens with zero attached hydrogens (tertiary/aromatic N) is 2. The fraction of sp³-hybridized carbons (Fsp3) is 0.462. The standard InChI is InChI=1S/C26H33N3O2/c1-18(2)20-12-14-22(15-13-20)31-17-7-6-16-29-24-9-5-4-8-23(24)28-25(29)19(3)27-26(30)21-10-11-21/h4-5,8-9,12-15,18-19,21H,6-7,10-11,16-17H2,1-3H3,(H,27,30). The van der Waals surface area contributed by atoms with E-state index in [9.17, 15) is 4.79 Å². The average molecular weight is 420 g/mol. The van der Waals surface area contributed by atoms with Crippen molar-refractivity contribution in [1.29, 1.82) is 0 Å². The Morgan fingerprint density at radius 3 is 2.55 bits per heavy atom. The van der Waals surface area contributed by atoms with Gasteiger partial charge in [-0.25, -0.2) is 4.98 Å². The number of benzene rings is 2. The second-order valence-corrected chi connectivity index (χ2v) is 8.89. The molecule has 1 heterocycles. The number of hydrogen-bond donors (Lipinski definition) is 1. The summed E-state index contributed by atoms with van der Waals surface area (Å²) < 4.78 is 8.18. The van der Waals surface area contributed by atoms with E-state index in [1.165, 1.54) is 5.56 Å². The van der Waals surface area contributed by atoms with Gasteiger partial charge in [-0.3, -0.25) is 4.79 Å². The van der Waals surface area contributed by atoms with Crippen LogP contribution in [0.2, 0.25) is 0 Å². The van der Waals surface area contributed by atoms with E-state index in [1.807, 2.05) is 25.1 Å². The van der Waals surface area contributed by atoms with Gasteiger partial charge in [0.05, 0.1) is 23.7 Å². The van der Waals surface area contributed by atoms with E-state index in [2.05, 4.69) is 54.1 Å². The summed E-state index contributed by atoms with van der Waals surface area (Å²) in [7, 11) is 0. The van der Waals surface area contributed by atoms with Crippen LogP contribution in [0.15, 0.2) is 48.5 Å². The topological polar surface area (TPSA) is 56.1 Å². The molecule has 1 fully saturated rings. The Morgan fingerprint density at radius 1 is 1.10 bits per heavy atom. The predicted octanol–water partition coefficient (Wildman–Crippen LogP) is 5.61. The van der Waals surface area contributed by atoms with E-state index in [-0.39, 0.29) is 17.9 Å². The maximum atomic E-state index is 12.2. The van der Waals surface area contributed by atoms with Crippen LogP contribution in [0.5, 0.6) is 5.75 Å². The number of aryl methyl sites for hydroxylation is 1. The molecule has 0 saturated heterocycles. The number of aromatic nitrogens is 2. The van der Waals surface area contributed by atoms with Gasteiger partial charge in [0.15, 0.2) is 0 Å². The lowest BCUT2D eigenvalue weighted by atomic mass is 10.0. The first-order valence-corrected chi connectivity index (χ1v) is 11.5. The highest BCUT2D eigenvalue weighted by atomic mass is 16.5. The highest BCUT2D eigenvalue weighted by molar-refractivity contribution is 5.81. The number of fused-ring (bicyclic) bond motifs is 1. The molecule has 2 aromatic carbocycles. The molecular weight excluding hydrogens is 386 g/mol. The number of hydrogen-bond acceptors (Lipinski definition) is 3. The lowest BCUT2D eigenvalue weighted by molar-refractivity contribution is -0.123. The normalized spacial score (nSPS) is 14.7. The third kappa shape index (κ3) is 5.27. The lowest BCUT2D eigenvalue weighted by Gasteiger charge is -2.16. The van der Waals surface area contributed by atoms with Gasteiger partial charge in [-0.15, -0.1) is 0 Å². The molecule has 5 heteroatoms. The Kier molecular flexibility index (Phi) is 6.59. The highest BCUT2D eigenvalue weighted by Crippen LogP contribution is 2.30. The zero-order valence-electron chi connectivity index (χ0n) is 18.8. The summed E-state index contributed by atoms with van der Waals surface area (Å²) in [6.45, 7) is 7.97. The quantitative estimate of drug-likeness (QED) is 0.435. The van der Waals surface area contributed by atoms with Crippen molar-refractivity contribution >= 4 is 16.9 Å². The summed E-state index contributed by atoms with van der Waals surface area (Å²) in [4.78, 5) is 17.1. The molecule has 5 nitrogen and oxygen atoms in total. The number of para-hydroxylation sites is 2. The largest absolute Gasteiger partial charge is 0.494 e. The molecule has 1 aromatic heterocycles. The Morgan fingerprint density at radius 2 is 1.84 bits per heavy atom. The second kappa shape index (κ2) is 9.54. The molecule has 31 heavy (non-hydrogen) atoms. The minimum Gasteiger partial charge on any atom is -0.494 e. The molecule has 1 amide bonds. The number of carbonyl (C=O) groups is 1. The molecule has 164 valence electrons. The van der Waals surface area contributed by atoms with E-state index < -0.39 is 0 Å². The predicted molar refractivity (Wildman–Crippen MR) is 124 cm³/mol. The van der Waals surface area contributed by atoms with E-state index in [0.717, 1.165) is 54.8 Å². The molecule has 0 spiro atoms. The minimum atomic E-state index is -0.101. The first-order valence-electron chi connectivity index (χ1n) is 11.5. The fourth-order valence-electron chi connectivity index (χ4n) is 3.91. The van der Waals surface area contributed by atoms with Crippen LogP contribution in [-0.2, 0) is 11.3 Å². The number of carbonyl (C=O) groups excluding carboxylic acids is 1. The third-order valence-corrected chi connectivity index (χ3v) is 5.97. The average Bonchev–Trinajstić information content (AvgIpc) is 3.56. The zero-order chi connectivity index (χ0) is 21.8. The van der Waals surface area contributed by atoms with Crippen molar-refractivity contribution in [2.45, 2.75) is 65.0 Å². The number of rotatable bonds is 10. The van der Waals surface area contributed by atoms with Gasteiger partial charge in [0.25, 0.3) is 0 Å². The number of imidazole rings is 1. The molecule has 1 atom stereocenters. The fourth-order valence-corrected chi connectivity index (χ4v) is 3.91. The minimum absolute atomic E-state index is 0.101. The Balaban J connectivity index is 1.35. The smallest absolute Gasteiger partial charge is 0.223 e. The van der Waals surface area contributed by atoms with Gasteiger partial charge in [-0.05, 0) is 68.4 Å². The molecule has 0 aliphatic heterocycles. The van der Waals surface area contributed by atoms with Crippen molar-refractivity contribution in [3.8, 4) is 5.75 Å². The number of amides is 1. The molecule has 3 aromatic rings. The first-order chi connectivity index (χ1) is 15.0. The van der Waals surface area contributed by atoms with Crippen molar-refractivity contribution in [2.75, 3.05) is 6.61 Å². The van der Waals surface area contributed by atoms with Crippen molar-refractivity contribution in [3.05, 3.63) is 59.9 Å². The SMILES string of the molecule is CC(C)c1ccc(OCCCCn2c(C(C)NC(=O)C3CC3)nc3ccccc32)cc1. The van der Waals surface area contributed by atoms with Gasteiger partial charge in [0, 0.05) is 12.5 Å². The molecule has 1 aliphatic rings. The van der Waals surface area contributed by atoms with E-state index in [0.29, 0.717) is 12.5 Å². The molecule has 4 rings (SSSR count). The Labute approximate surface area is 184 Å². The molecular formula is C26H33N3O2. The van der Waals surface area contributed by atoms with Crippen LogP contribution in [0, 0.1) is 5.92 Å². The summed E-state index contributed by atoms with van der Waals surface area (Å²) in [6.07, 6.45) is 3.96. The molecule has 1 aliphatic carbocycles. The molecule has 1 N–H and O–H groups in total. The summed E-state index contributed by atoms with van der Waals surface area (Å²) in [5.41, 5.74) is 3.43. The van der Waals surface area contributed by atoms with Crippen molar-refractivity contribution in [1.82, 2.24) is 14.9 Å². The molecule has 0 radical (unpaired) electrons. The molecule has 0 bridgehead atoms. The van der Waals surface area contributed by atoms with Crippen molar-refractivity contribution < 1.29 is 9.53 Å². The zero-order valence-corrected chi connectivity index (χ0v) is 18.8. The highest BCUT2D eigenvalue weighted by Gasteiger charge is 2.31. The van der Waals surface area contributed by atoms with Gasteiger partial charge in [0.1, 0.15) is 11.6 Å². The molecule has 1 saturated carbocycles. The monoisotopic (exact) mass is 419 g/mol. The van der Waals surface area contributed by atoms with Crippen LogP contribution >= 0.6 is 0 Å². The third-order valence-electron chi connectivity index (χ3n) is 5.97. The summed E-state index contributed by atoms with van der Waals surface area (Å²) in [5.74, 6) is 2.75. The van der Waals surface area contributed by atoms with Gasteiger partial charge in [-0.1, -0.05) is 38.1 Å². The van der Waals surface area contributed by atoms with Crippen LogP contribution in [0.4, 0.5) is 0 Å². The first kappa shape index (κ1) is 21.4. The van der Waals surface area contributed by atoms with Crippen LogP contribution in [-0.4, -0.2) is 22.1 Å².